The third-order valence-corrected chi connectivity index (χ3v) is 4.07. The monoisotopic (exact) mass is 291 g/mol. The van der Waals surface area contributed by atoms with Gasteiger partial charge in [-0.3, -0.25) is 0 Å². The zero-order valence-electron chi connectivity index (χ0n) is 11.9. The Hall–Kier alpha value is -1.04. The number of carbonyl (C=O) groups is 1. The van der Waals surface area contributed by atoms with Crippen molar-refractivity contribution in [3.8, 4) is 0 Å². The van der Waals surface area contributed by atoms with E-state index in [9.17, 15) is 13.2 Å². The first-order chi connectivity index (χ1) is 8.93. The summed E-state index contributed by atoms with van der Waals surface area (Å²) in [4.78, 5) is 11.2. The third kappa shape index (κ3) is 9.53. The maximum absolute atomic E-state index is 11.7. The Bertz CT molecular complexity index is 387. The van der Waals surface area contributed by atoms with Crippen LogP contribution in [0.3, 0.4) is 0 Å². The Kier molecular flexibility index (Phi) is 9.30. The van der Waals surface area contributed by atoms with Crippen LogP contribution < -0.4 is 5.73 Å². The van der Waals surface area contributed by atoms with Crippen molar-refractivity contribution in [2.75, 3.05) is 12.4 Å². The second kappa shape index (κ2) is 9.83. The lowest BCUT2D eigenvalue weighted by Gasteiger charge is -2.03. The first-order valence-corrected chi connectivity index (χ1v) is 8.51. The van der Waals surface area contributed by atoms with Crippen LogP contribution in [0.1, 0.15) is 52.4 Å². The SMILES string of the molecule is CCCCCCCCS(=O)(=O)C=C(N)C(=O)OCC. The maximum atomic E-state index is 11.7. The molecule has 19 heavy (non-hydrogen) atoms. The average Bonchev–Trinajstić information content (AvgIpc) is 2.33. The molecule has 0 fully saturated rings. The van der Waals surface area contributed by atoms with E-state index in [1.165, 1.54) is 6.42 Å². The van der Waals surface area contributed by atoms with Crippen LogP contribution in [0.5, 0.6) is 0 Å². The number of hydrogen-bond acceptors (Lipinski definition) is 5. The highest BCUT2D eigenvalue weighted by atomic mass is 32.2. The van der Waals surface area contributed by atoms with Crippen molar-refractivity contribution in [2.45, 2.75) is 52.4 Å². The van der Waals surface area contributed by atoms with E-state index in [1.54, 1.807) is 6.92 Å². The summed E-state index contributed by atoms with van der Waals surface area (Å²) >= 11 is 0. The predicted octanol–water partition coefficient (Wildman–Crippen LogP) is 2.12. The van der Waals surface area contributed by atoms with Crippen molar-refractivity contribution in [1.82, 2.24) is 0 Å². The fraction of sp³-hybridized carbons (Fsp3) is 0.769. The summed E-state index contributed by atoms with van der Waals surface area (Å²) < 4.78 is 28.0. The van der Waals surface area contributed by atoms with Gasteiger partial charge in [0.05, 0.1) is 17.8 Å². The topological polar surface area (TPSA) is 86.5 Å². The average molecular weight is 291 g/mol. The standard InChI is InChI=1S/C13H25NO4S/c1-3-5-6-7-8-9-10-19(16,17)11-12(14)13(15)18-4-2/h11H,3-10,14H2,1-2H3. The number of carbonyl (C=O) groups excluding carboxylic acids is 1. The molecule has 0 saturated heterocycles. The van der Waals surface area contributed by atoms with Crippen LogP contribution in [-0.2, 0) is 19.4 Å². The first-order valence-electron chi connectivity index (χ1n) is 6.80. The molecule has 0 aromatic heterocycles. The van der Waals surface area contributed by atoms with Crippen molar-refractivity contribution in [1.29, 1.82) is 0 Å². The molecular formula is C13H25NO4S. The van der Waals surface area contributed by atoms with E-state index in [2.05, 4.69) is 11.7 Å². The molecule has 112 valence electrons. The quantitative estimate of drug-likeness (QED) is 0.378. The van der Waals surface area contributed by atoms with E-state index in [-0.39, 0.29) is 18.1 Å². The molecule has 0 aliphatic heterocycles. The normalized spacial score (nSPS) is 12.4. The van der Waals surface area contributed by atoms with E-state index >= 15 is 0 Å². The Labute approximate surface area is 116 Å². The molecule has 0 saturated carbocycles. The lowest BCUT2D eigenvalue weighted by Crippen LogP contribution is -2.17. The van der Waals surface area contributed by atoms with Crippen molar-refractivity contribution in [3.63, 3.8) is 0 Å². The molecule has 0 aromatic rings. The van der Waals surface area contributed by atoms with Crippen LogP contribution in [0.25, 0.3) is 0 Å². The fourth-order valence-corrected chi connectivity index (χ4v) is 2.81. The van der Waals surface area contributed by atoms with E-state index in [4.69, 9.17) is 5.73 Å². The summed E-state index contributed by atoms with van der Waals surface area (Å²) in [5.41, 5.74) is 5.01. The third-order valence-electron chi connectivity index (χ3n) is 2.60. The van der Waals surface area contributed by atoms with Crippen LogP contribution in [0.2, 0.25) is 0 Å². The number of ether oxygens (including phenoxy) is 1. The molecule has 0 spiro atoms. The molecule has 0 rings (SSSR count). The second-order valence-electron chi connectivity index (χ2n) is 4.43. The van der Waals surface area contributed by atoms with Crippen LogP contribution >= 0.6 is 0 Å². The summed E-state index contributed by atoms with van der Waals surface area (Å²) in [5.74, 6) is -0.756. The summed E-state index contributed by atoms with van der Waals surface area (Å²) in [6, 6.07) is 0. The fourth-order valence-electron chi connectivity index (χ4n) is 1.60. The molecule has 0 bridgehead atoms. The molecule has 0 aliphatic carbocycles. The van der Waals surface area contributed by atoms with Crippen molar-refractivity contribution in [2.24, 2.45) is 5.73 Å². The lowest BCUT2D eigenvalue weighted by atomic mass is 10.1. The van der Waals surface area contributed by atoms with E-state index in [1.807, 2.05) is 0 Å². The number of hydrogen-bond donors (Lipinski definition) is 1. The molecular weight excluding hydrogens is 266 g/mol. The largest absolute Gasteiger partial charge is 0.461 e. The number of unbranched alkanes of at least 4 members (excludes halogenated alkanes) is 5. The van der Waals surface area contributed by atoms with Crippen molar-refractivity contribution >= 4 is 15.8 Å². The van der Waals surface area contributed by atoms with Gasteiger partial charge in [-0.1, -0.05) is 39.0 Å². The molecule has 6 heteroatoms. The van der Waals surface area contributed by atoms with Gasteiger partial charge < -0.3 is 10.5 Å². The smallest absolute Gasteiger partial charge is 0.354 e. The van der Waals surface area contributed by atoms with Gasteiger partial charge in [-0.15, -0.1) is 0 Å². The Morgan fingerprint density at radius 3 is 2.26 bits per heavy atom. The lowest BCUT2D eigenvalue weighted by molar-refractivity contribution is -0.138. The van der Waals surface area contributed by atoms with Gasteiger partial charge in [0, 0.05) is 0 Å². The Morgan fingerprint density at radius 1 is 1.11 bits per heavy atom. The molecule has 0 aliphatic rings. The van der Waals surface area contributed by atoms with E-state index < -0.39 is 15.8 Å². The van der Waals surface area contributed by atoms with Crippen molar-refractivity contribution < 1.29 is 17.9 Å². The van der Waals surface area contributed by atoms with Gasteiger partial charge >= 0.3 is 5.97 Å². The number of sulfone groups is 1. The molecule has 0 aromatic carbocycles. The highest BCUT2D eigenvalue weighted by molar-refractivity contribution is 7.94. The molecule has 0 radical (unpaired) electrons. The van der Waals surface area contributed by atoms with Gasteiger partial charge in [0.2, 0.25) is 0 Å². The summed E-state index contributed by atoms with van der Waals surface area (Å²) in [6.07, 6.45) is 6.00. The zero-order chi connectivity index (χ0) is 14.7. The van der Waals surface area contributed by atoms with Crippen molar-refractivity contribution in [3.05, 3.63) is 11.1 Å². The predicted molar refractivity (Wildman–Crippen MR) is 76.1 cm³/mol. The van der Waals surface area contributed by atoms with Gasteiger partial charge in [0.25, 0.3) is 0 Å². The molecule has 5 nitrogen and oxygen atoms in total. The highest BCUT2D eigenvalue weighted by Gasteiger charge is 2.13. The van der Waals surface area contributed by atoms with Gasteiger partial charge in [0.15, 0.2) is 9.84 Å². The van der Waals surface area contributed by atoms with Gasteiger partial charge in [0.1, 0.15) is 5.70 Å². The molecule has 0 amide bonds. The van der Waals surface area contributed by atoms with E-state index in [0.717, 1.165) is 31.1 Å². The molecule has 0 unspecified atom stereocenters. The summed E-state index contributed by atoms with van der Waals surface area (Å²) in [7, 11) is -3.42. The van der Waals surface area contributed by atoms with Crippen LogP contribution in [0.15, 0.2) is 11.1 Å². The van der Waals surface area contributed by atoms with Gasteiger partial charge in [-0.05, 0) is 13.3 Å². The number of rotatable bonds is 10. The zero-order valence-corrected chi connectivity index (χ0v) is 12.7. The van der Waals surface area contributed by atoms with Crippen LogP contribution in [0.4, 0.5) is 0 Å². The minimum atomic E-state index is -3.42. The summed E-state index contributed by atoms with van der Waals surface area (Å²) in [6.45, 7) is 3.94. The van der Waals surface area contributed by atoms with Crippen LogP contribution in [0, 0.1) is 0 Å². The molecule has 0 heterocycles. The van der Waals surface area contributed by atoms with E-state index in [0.29, 0.717) is 6.42 Å². The maximum Gasteiger partial charge on any atom is 0.354 e. The highest BCUT2D eigenvalue weighted by Crippen LogP contribution is 2.08. The molecule has 2 N–H and O–H groups in total. The number of nitrogens with two attached hydrogens (primary N) is 1. The van der Waals surface area contributed by atoms with Gasteiger partial charge in [-0.25, -0.2) is 13.2 Å². The second-order valence-corrected chi connectivity index (χ2v) is 6.40. The van der Waals surface area contributed by atoms with Crippen LogP contribution in [-0.4, -0.2) is 26.7 Å². The molecule has 0 atom stereocenters. The Morgan fingerprint density at radius 2 is 1.68 bits per heavy atom. The Balaban J connectivity index is 4.11. The first kappa shape index (κ1) is 18.0. The number of esters is 1. The van der Waals surface area contributed by atoms with Gasteiger partial charge in [-0.2, -0.15) is 0 Å². The minimum absolute atomic E-state index is 0.0270. The minimum Gasteiger partial charge on any atom is -0.461 e. The summed E-state index contributed by atoms with van der Waals surface area (Å²) in [5, 5.41) is 0.817.